The van der Waals surface area contributed by atoms with E-state index < -0.39 is 18.0 Å². The summed E-state index contributed by atoms with van der Waals surface area (Å²) in [5.74, 6) is -0.996. The van der Waals surface area contributed by atoms with Gasteiger partial charge in [0.1, 0.15) is 0 Å². The van der Waals surface area contributed by atoms with Crippen LogP contribution in [0.25, 0.3) is 10.9 Å². The molecule has 1 aliphatic rings. The van der Waals surface area contributed by atoms with Crippen LogP contribution in [0.1, 0.15) is 35.0 Å². The Balaban J connectivity index is 1.57. The first kappa shape index (κ1) is 19.7. The number of carbonyl (C=O) groups excluding carboxylic acids is 2. The van der Waals surface area contributed by atoms with Crippen LogP contribution in [0.3, 0.4) is 0 Å². The SMILES string of the molecule is C[C@@H](OC(=O)c1c2c(nc3ccccc13)CCC2)C(=O)Nc1ccc(Cl)cc1Cl. The van der Waals surface area contributed by atoms with Crippen molar-refractivity contribution in [3.05, 3.63) is 69.3 Å². The topological polar surface area (TPSA) is 68.3 Å². The van der Waals surface area contributed by atoms with Crippen LogP contribution in [0.15, 0.2) is 42.5 Å². The fourth-order valence-electron chi connectivity index (χ4n) is 3.54. The van der Waals surface area contributed by atoms with Gasteiger partial charge in [-0.25, -0.2) is 4.79 Å². The van der Waals surface area contributed by atoms with Crippen LogP contribution in [-0.2, 0) is 22.4 Å². The molecule has 148 valence electrons. The van der Waals surface area contributed by atoms with Crippen molar-refractivity contribution in [1.29, 1.82) is 0 Å². The Bertz CT molecular complexity index is 1130. The van der Waals surface area contributed by atoms with Crippen molar-refractivity contribution in [2.24, 2.45) is 0 Å². The molecule has 7 heteroatoms. The number of rotatable bonds is 4. The van der Waals surface area contributed by atoms with E-state index in [0.29, 0.717) is 21.3 Å². The van der Waals surface area contributed by atoms with Gasteiger partial charge < -0.3 is 10.1 Å². The molecule has 1 aromatic heterocycles. The summed E-state index contributed by atoms with van der Waals surface area (Å²) in [6.45, 7) is 1.53. The number of esters is 1. The molecule has 0 radical (unpaired) electrons. The highest BCUT2D eigenvalue weighted by molar-refractivity contribution is 6.36. The molecule has 0 spiro atoms. The minimum absolute atomic E-state index is 0.308. The molecule has 0 bridgehead atoms. The monoisotopic (exact) mass is 428 g/mol. The van der Waals surface area contributed by atoms with Crippen LogP contribution < -0.4 is 5.32 Å². The minimum Gasteiger partial charge on any atom is -0.449 e. The highest BCUT2D eigenvalue weighted by Gasteiger charge is 2.27. The Kier molecular flexibility index (Phi) is 5.43. The van der Waals surface area contributed by atoms with Gasteiger partial charge in [-0.15, -0.1) is 0 Å². The summed E-state index contributed by atoms with van der Waals surface area (Å²) in [6.07, 6.45) is 1.56. The van der Waals surface area contributed by atoms with Crippen LogP contribution in [0.4, 0.5) is 5.69 Å². The number of hydrogen-bond acceptors (Lipinski definition) is 4. The number of fused-ring (bicyclic) bond motifs is 2. The molecule has 3 aromatic rings. The van der Waals surface area contributed by atoms with Crippen molar-refractivity contribution < 1.29 is 14.3 Å². The van der Waals surface area contributed by atoms with Gasteiger partial charge in [0.15, 0.2) is 6.10 Å². The Hall–Kier alpha value is -2.63. The van der Waals surface area contributed by atoms with E-state index in [1.807, 2.05) is 24.3 Å². The molecular formula is C22H18Cl2N2O3. The average Bonchev–Trinajstić information content (AvgIpc) is 3.15. The summed E-state index contributed by atoms with van der Waals surface area (Å²) in [6, 6.07) is 12.2. The maximum absolute atomic E-state index is 13.0. The smallest absolute Gasteiger partial charge is 0.339 e. The lowest BCUT2D eigenvalue weighted by Crippen LogP contribution is -2.30. The number of carbonyl (C=O) groups is 2. The van der Waals surface area contributed by atoms with Crippen molar-refractivity contribution in [3.63, 3.8) is 0 Å². The predicted octanol–water partition coefficient (Wildman–Crippen LogP) is 5.21. The predicted molar refractivity (Wildman–Crippen MR) is 114 cm³/mol. The number of pyridine rings is 1. The lowest BCUT2D eigenvalue weighted by Gasteiger charge is -2.17. The highest BCUT2D eigenvalue weighted by atomic mass is 35.5. The first-order chi connectivity index (χ1) is 13.9. The molecule has 5 nitrogen and oxygen atoms in total. The van der Waals surface area contributed by atoms with Gasteiger partial charge in [0.25, 0.3) is 5.91 Å². The number of amides is 1. The third-order valence-corrected chi connectivity index (χ3v) is 5.51. The molecule has 1 aliphatic carbocycles. The number of nitrogens with one attached hydrogen (secondary N) is 1. The van der Waals surface area contributed by atoms with Gasteiger partial charge >= 0.3 is 5.97 Å². The van der Waals surface area contributed by atoms with E-state index in [1.54, 1.807) is 12.1 Å². The Labute approximate surface area is 178 Å². The third kappa shape index (κ3) is 3.93. The Morgan fingerprint density at radius 3 is 2.72 bits per heavy atom. The maximum atomic E-state index is 13.0. The zero-order chi connectivity index (χ0) is 20.5. The first-order valence-electron chi connectivity index (χ1n) is 9.31. The number of benzene rings is 2. The summed E-state index contributed by atoms with van der Waals surface area (Å²) in [5.41, 5.74) is 3.51. The number of nitrogens with zero attached hydrogens (tertiary/aromatic N) is 1. The van der Waals surface area contributed by atoms with Gasteiger partial charge in [-0.1, -0.05) is 41.4 Å². The molecule has 4 rings (SSSR count). The fourth-order valence-corrected chi connectivity index (χ4v) is 4.00. The normalized spacial score (nSPS) is 13.8. The molecule has 2 aromatic carbocycles. The highest BCUT2D eigenvalue weighted by Crippen LogP contribution is 2.31. The van der Waals surface area contributed by atoms with Gasteiger partial charge in [-0.3, -0.25) is 9.78 Å². The standard InChI is InChI=1S/C22H18Cl2N2O3/c1-12(21(27)26-19-10-9-13(23)11-16(19)24)29-22(28)20-14-5-2-3-7-17(14)25-18-8-4-6-15(18)20/h2-3,5,7,9-12H,4,6,8H2,1H3,(H,26,27)/t12-/m1/s1. The van der Waals surface area contributed by atoms with Gasteiger partial charge in [0.05, 0.1) is 21.8 Å². The van der Waals surface area contributed by atoms with Gasteiger partial charge in [-0.05, 0) is 56.0 Å². The van der Waals surface area contributed by atoms with Gasteiger partial charge in [0, 0.05) is 16.1 Å². The second kappa shape index (κ2) is 8.01. The Morgan fingerprint density at radius 2 is 1.93 bits per heavy atom. The maximum Gasteiger partial charge on any atom is 0.339 e. The number of ether oxygens (including phenoxy) is 1. The molecule has 0 saturated heterocycles. The van der Waals surface area contributed by atoms with E-state index in [9.17, 15) is 9.59 Å². The molecular weight excluding hydrogens is 411 g/mol. The second-order valence-electron chi connectivity index (χ2n) is 6.94. The zero-order valence-corrected chi connectivity index (χ0v) is 17.2. The number of para-hydroxylation sites is 1. The number of aryl methyl sites for hydroxylation is 1. The average molecular weight is 429 g/mol. The largest absolute Gasteiger partial charge is 0.449 e. The van der Waals surface area contributed by atoms with Crippen LogP contribution >= 0.6 is 23.2 Å². The molecule has 1 atom stereocenters. The van der Waals surface area contributed by atoms with Crippen LogP contribution in [-0.4, -0.2) is 23.0 Å². The summed E-state index contributed by atoms with van der Waals surface area (Å²) < 4.78 is 5.52. The van der Waals surface area contributed by atoms with Gasteiger partial charge in [-0.2, -0.15) is 0 Å². The van der Waals surface area contributed by atoms with Gasteiger partial charge in [0.2, 0.25) is 0 Å². The van der Waals surface area contributed by atoms with Crippen LogP contribution in [0, 0.1) is 0 Å². The molecule has 1 heterocycles. The van der Waals surface area contributed by atoms with Crippen molar-refractivity contribution in [2.45, 2.75) is 32.3 Å². The van der Waals surface area contributed by atoms with Crippen LogP contribution in [0.5, 0.6) is 0 Å². The number of aromatic nitrogens is 1. The lowest BCUT2D eigenvalue weighted by molar-refractivity contribution is -0.123. The molecule has 0 fully saturated rings. The van der Waals surface area contributed by atoms with E-state index in [4.69, 9.17) is 27.9 Å². The van der Waals surface area contributed by atoms with E-state index in [1.165, 1.54) is 13.0 Å². The summed E-state index contributed by atoms with van der Waals surface area (Å²) in [7, 11) is 0. The third-order valence-electron chi connectivity index (χ3n) is 4.97. The number of halogens is 2. The quantitative estimate of drug-likeness (QED) is 0.578. The molecule has 0 saturated carbocycles. The molecule has 0 unspecified atom stereocenters. The Morgan fingerprint density at radius 1 is 1.14 bits per heavy atom. The fraction of sp³-hybridized carbons (Fsp3) is 0.227. The second-order valence-corrected chi connectivity index (χ2v) is 7.79. The zero-order valence-electron chi connectivity index (χ0n) is 15.7. The van der Waals surface area contributed by atoms with Crippen LogP contribution in [0.2, 0.25) is 10.0 Å². The lowest BCUT2D eigenvalue weighted by atomic mass is 10.0. The molecule has 29 heavy (non-hydrogen) atoms. The van der Waals surface area contributed by atoms with Crippen molar-refractivity contribution in [1.82, 2.24) is 4.98 Å². The molecule has 1 amide bonds. The number of anilines is 1. The summed E-state index contributed by atoms with van der Waals surface area (Å²) >= 11 is 12.0. The van der Waals surface area contributed by atoms with E-state index in [-0.39, 0.29) is 0 Å². The summed E-state index contributed by atoms with van der Waals surface area (Å²) in [4.78, 5) is 30.2. The first-order valence-corrected chi connectivity index (χ1v) is 10.1. The van der Waals surface area contributed by atoms with Crippen molar-refractivity contribution in [2.75, 3.05) is 5.32 Å². The number of hydrogen-bond donors (Lipinski definition) is 1. The van der Waals surface area contributed by atoms with Crippen molar-refractivity contribution >= 4 is 51.7 Å². The van der Waals surface area contributed by atoms with Crippen molar-refractivity contribution in [3.8, 4) is 0 Å². The molecule has 0 aliphatic heterocycles. The minimum atomic E-state index is -1.00. The van der Waals surface area contributed by atoms with E-state index in [2.05, 4.69) is 10.3 Å². The summed E-state index contributed by atoms with van der Waals surface area (Å²) in [5, 5.41) is 4.18. The van der Waals surface area contributed by atoms with E-state index >= 15 is 0 Å². The molecule has 1 N–H and O–H groups in total. The van der Waals surface area contributed by atoms with E-state index in [0.717, 1.165) is 41.4 Å².